The molecule has 0 bridgehead atoms. The Kier molecular flexibility index (Phi) is 3.59. The smallest absolute Gasteiger partial charge is 0.237 e. The van der Waals surface area contributed by atoms with E-state index in [1.54, 1.807) is 0 Å². The first-order chi connectivity index (χ1) is 7.29. The standard InChI is InChI=1S/C11H21N3O/c1-9-11(15)13-5-2-8-14(9)10-3-6-12-7-4-10/h9-10,12H,2-8H2,1H3,(H,13,15). The molecule has 2 rings (SSSR count). The number of hydrogen-bond acceptors (Lipinski definition) is 3. The molecule has 0 aromatic rings. The maximum absolute atomic E-state index is 11.7. The van der Waals surface area contributed by atoms with Crippen molar-refractivity contribution in [3.8, 4) is 0 Å². The Labute approximate surface area is 91.4 Å². The highest BCUT2D eigenvalue weighted by Crippen LogP contribution is 2.17. The van der Waals surface area contributed by atoms with Crippen LogP contribution in [0.2, 0.25) is 0 Å². The van der Waals surface area contributed by atoms with Crippen LogP contribution in [0.4, 0.5) is 0 Å². The summed E-state index contributed by atoms with van der Waals surface area (Å²) in [5, 5.41) is 6.34. The van der Waals surface area contributed by atoms with E-state index in [0.29, 0.717) is 6.04 Å². The Morgan fingerprint density at radius 3 is 2.73 bits per heavy atom. The van der Waals surface area contributed by atoms with Gasteiger partial charge in [-0.2, -0.15) is 0 Å². The molecule has 0 aromatic heterocycles. The molecule has 2 aliphatic rings. The van der Waals surface area contributed by atoms with E-state index >= 15 is 0 Å². The third-order valence-corrected chi connectivity index (χ3v) is 3.55. The third kappa shape index (κ3) is 2.49. The highest BCUT2D eigenvalue weighted by Gasteiger charge is 2.30. The first-order valence-electron chi connectivity index (χ1n) is 6.03. The Balaban J connectivity index is 2.00. The van der Waals surface area contributed by atoms with Gasteiger partial charge in [-0.1, -0.05) is 0 Å². The van der Waals surface area contributed by atoms with Gasteiger partial charge in [-0.15, -0.1) is 0 Å². The summed E-state index contributed by atoms with van der Waals surface area (Å²) in [6.07, 6.45) is 3.44. The molecule has 86 valence electrons. The Morgan fingerprint density at radius 1 is 1.27 bits per heavy atom. The number of hydrogen-bond donors (Lipinski definition) is 2. The molecule has 2 aliphatic heterocycles. The number of nitrogens with zero attached hydrogens (tertiary/aromatic N) is 1. The summed E-state index contributed by atoms with van der Waals surface area (Å²) in [7, 11) is 0. The van der Waals surface area contributed by atoms with E-state index < -0.39 is 0 Å². The summed E-state index contributed by atoms with van der Waals surface area (Å²) >= 11 is 0. The molecule has 4 heteroatoms. The van der Waals surface area contributed by atoms with Crippen molar-refractivity contribution in [3.05, 3.63) is 0 Å². The first kappa shape index (κ1) is 10.9. The summed E-state index contributed by atoms with van der Waals surface area (Å²) in [5.41, 5.74) is 0. The molecule has 2 fully saturated rings. The summed E-state index contributed by atoms with van der Waals surface area (Å²) in [6.45, 7) is 6.11. The zero-order valence-electron chi connectivity index (χ0n) is 9.46. The number of rotatable bonds is 1. The van der Waals surface area contributed by atoms with Gasteiger partial charge in [-0.05, 0) is 39.3 Å². The van der Waals surface area contributed by atoms with Crippen LogP contribution in [0.1, 0.15) is 26.2 Å². The number of carbonyl (C=O) groups is 1. The van der Waals surface area contributed by atoms with Gasteiger partial charge < -0.3 is 10.6 Å². The highest BCUT2D eigenvalue weighted by molar-refractivity contribution is 5.81. The van der Waals surface area contributed by atoms with Crippen molar-refractivity contribution in [2.45, 2.75) is 38.3 Å². The highest BCUT2D eigenvalue weighted by atomic mass is 16.2. The molecule has 2 N–H and O–H groups in total. The molecule has 0 aromatic carbocycles. The SMILES string of the molecule is CC1C(=O)NCCCN1C1CCNCC1. The lowest BCUT2D eigenvalue weighted by atomic mass is 10.0. The fraction of sp³-hybridized carbons (Fsp3) is 0.909. The van der Waals surface area contributed by atoms with Gasteiger partial charge >= 0.3 is 0 Å². The van der Waals surface area contributed by atoms with Crippen LogP contribution in [0.25, 0.3) is 0 Å². The average Bonchev–Trinajstić information content (AvgIpc) is 2.44. The second-order valence-corrected chi connectivity index (χ2v) is 4.54. The molecule has 2 heterocycles. The van der Waals surface area contributed by atoms with Crippen molar-refractivity contribution in [3.63, 3.8) is 0 Å². The van der Waals surface area contributed by atoms with Crippen LogP contribution in [0.5, 0.6) is 0 Å². The zero-order valence-corrected chi connectivity index (χ0v) is 9.46. The molecule has 0 radical (unpaired) electrons. The van der Waals surface area contributed by atoms with E-state index in [0.717, 1.165) is 32.6 Å². The summed E-state index contributed by atoms with van der Waals surface area (Å²) in [5.74, 6) is 0.200. The fourth-order valence-electron chi connectivity index (χ4n) is 2.60. The predicted molar refractivity (Wildman–Crippen MR) is 59.7 cm³/mol. The molecule has 15 heavy (non-hydrogen) atoms. The number of amides is 1. The quantitative estimate of drug-likeness (QED) is 0.639. The Morgan fingerprint density at radius 2 is 2.00 bits per heavy atom. The van der Waals surface area contributed by atoms with Crippen molar-refractivity contribution in [1.29, 1.82) is 0 Å². The number of nitrogens with one attached hydrogen (secondary N) is 2. The summed E-state index contributed by atoms with van der Waals surface area (Å²) in [4.78, 5) is 14.1. The van der Waals surface area contributed by atoms with Crippen molar-refractivity contribution in [1.82, 2.24) is 15.5 Å². The van der Waals surface area contributed by atoms with Gasteiger partial charge in [-0.25, -0.2) is 0 Å². The second-order valence-electron chi connectivity index (χ2n) is 4.54. The van der Waals surface area contributed by atoms with Crippen molar-refractivity contribution in [2.24, 2.45) is 0 Å². The zero-order chi connectivity index (χ0) is 10.7. The van der Waals surface area contributed by atoms with E-state index in [1.807, 2.05) is 6.92 Å². The van der Waals surface area contributed by atoms with Crippen LogP contribution < -0.4 is 10.6 Å². The molecule has 0 aliphatic carbocycles. The Hall–Kier alpha value is -0.610. The molecular formula is C11H21N3O. The van der Waals surface area contributed by atoms with E-state index in [2.05, 4.69) is 15.5 Å². The first-order valence-corrected chi connectivity index (χ1v) is 6.03. The Bertz CT molecular complexity index is 226. The van der Waals surface area contributed by atoms with Crippen LogP contribution in [0, 0.1) is 0 Å². The minimum atomic E-state index is 0.0515. The number of piperidine rings is 1. The van der Waals surface area contributed by atoms with Gasteiger partial charge in [0.15, 0.2) is 0 Å². The van der Waals surface area contributed by atoms with Gasteiger partial charge in [0.05, 0.1) is 6.04 Å². The lowest BCUT2D eigenvalue weighted by molar-refractivity contribution is -0.125. The van der Waals surface area contributed by atoms with Gasteiger partial charge in [0.2, 0.25) is 5.91 Å². The minimum absolute atomic E-state index is 0.0515. The van der Waals surface area contributed by atoms with Crippen LogP contribution in [-0.2, 0) is 4.79 Å². The summed E-state index contributed by atoms with van der Waals surface area (Å²) in [6, 6.07) is 0.653. The van der Waals surface area contributed by atoms with Gasteiger partial charge in [0, 0.05) is 19.1 Å². The molecule has 0 saturated carbocycles. The monoisotopic (exact) mass is 211 g/mol. The third-order valence-electron chi connectivity index (χ3n) is 3.55. The maximum atomic E-state index is 11.7. The average molecular weight is 211 g/mol. The van der Waals surface area contributed by atoms with E-state index in [9.17, 15) is 4.79 Å². The van der Waals surface area contributed by atoms with Crippen LogP contribution in [-0.4, -0.2) is 49.1 Å². The van der Waals surface area contributed by atoms with Crippen LogP contribution in [0.15, 0.2) is 0 Å². The number of carbonyl (C=O) groups excluding carboxylic acids is 1. The topological polar surface area (TPSA) is 44.4 Å². The maximum Gasteiger partial charge on any atom is 0.237 e. The van der Waals surface area contributed by atoms with E-state index in [4.69, 9.17) is 0 Å². The molecular weight excluding hydrogens is 190 g/mol. The summed E-state index contributed by atoms with van der Waals surface area (Å²) < 4.78 is 0. The van der Waals surface area contributed by atoms with Gasteiger partial charge in [-0.3, -0.25) is 9.69 Å². The molecule has 4 nitrogen and oxygen atoms in total. The lowest BCUT2D eigenvalue weighted by Gasteiger charge is -2.36. The van der Waals surface area contributed by atoms with E-state index in [1.165, 1.54) is 12.8 Å². The van der Waals surface area contributed by atoms with Crippen LogP contribution >= 0.6 is 0 Å². The van der Waals surface area contributed by atoms with Crippen LogP contribution in [0.3, 0.4) is 0 Å². The second kappa shape index (κ2) is 4.94. The lowest BCUT2D eigenvalue weighted by Crippen LogP contribution is -2.50. The fourth-order valence-corrected chi connectivity index (χ4v) is 2.60. The normalized spacial score (nSPS) is 31.0. The molecule has 2 saturated heterocycles. The van der Waals surface area contributed by atoms with Gasteiger partial charge in [0.25, 0.3) is 0 Å². The molecule has 1 unspecified atom stereocenters. The van der Waals surface area contributed by atoms with Crippen molar-refractivity contribution < 1.29 is 4.79 Å². The van der Waals surface area contributed by atoms with Crippen molar-refractivity contribution >= 4 is 5.91 Å². The van der Waals surface area contributed by atoms with E-state index in [-0.39, 0.29) is 11.9 Å². The minimum Gasteiger partial charge on any atom is -0.355 e. The van der Waals surface area contributed by atoms with Crippen molar-refractivity contribution in [2.75, 3.05) is 26.2 Å². The van der Waals surface area contributed by atoms with Gasteiger partial charge in [0.1, 0.15) is 0 Å². The molecule has 0 spiro atoms. The predicted octanol–water partition coefficient (Wildman–Crippen LogP) is -0.0512. The largest absolute Gasteiger partial charge is 0.355 e. The molecule has 1 atom stereocenters. The molecule has 1 amide bonds.